The summed E-state index contributed by atoms with van der Waals surface area (Å²) in [6.07, 6.45) is 5.44. The van der Waals surface area contributed by atoms with Gasteiger partial charge in [0.1, 0.15) is 0 Å². The molecule has 9 heteroatoms. The summed E-state index contributed by atoms with van der Waals surface area (Å²) in [7, 11) is 0. The third-order valence-corrected chi connectivity index (χ3v) is 6.57. The number of aromatic nitrogens is 4. The van der Waals surface area contributed by atoms with Crippen LogP contribution in [0.15, 0.2) is 54.9 Å². The molecule has 32 heavy (non-hydrogen) atoms. The van der Waals surface area contributed by atoms with Crippen molar-refractivity contribution in [2.24, 2.45) is 5.92 Å². The standard InChI is InChI=1S/C23H26ClN7O/c24-19-6-1-2-7-20(19)28-13-15-29(16-14-28)23(32)18-5-3-11-30(17-18)21-8-9-22(27-26-21)31-12-4-10-25-31/h1-2,4,6-10,12,18H,3,5,11,13-17H2. The molecule has 0 spiro atoms. The van der Waals surface area contributed by atoms with Gasteiger partial charge in [-0.25, -0.2) is 4.68 Å². The Morgan fingerprint density at radius 2 is 1.69 bits per heavy atom. The Labute approximate surface area is 192 Å². The van der Waals surface area contributed by atoms with Gasteiger partial charge in [0.25, 0.3) is 0 Å². The number of carbonyl (C=O) groups is 1. The number of halogens is 1. The first-order chi connectivity index (χ1) is 15.7. The van der Waals surface area contributed by atoms with Crippen molar-refractivity contribution < 1.29 is 4.79 Å². The van der Waals surface area contributed by atoms with E-state index in [4.69, 9.17) is 11.6 Å². The quantitative estimate of drug-likeness (QED) is 0.607. The van der Waals surface area contributed by atoms with Crippen molar-refractivity contribution in [3.05, 3.63) is 59.9 Å². The van der Waals surface area contributed by atoms with Crippen LogP contribution in [-0.4, -0.2) is 70.1 Å². The fourth-order valence-electron chi connectivity index (χ4n) is 4.53. The second-order valence-electron chi connectivity index (χ2n) is 8.25. The lowest BCUT2D eigenvalue weighted by Gasteiger charge is -2.40. The van der Waals surface area contributed by atoms with E-state index < -0.39 is 0 Å². The van der Waals surface area contributed by atoms with E-state index >= 15 is 0 Å². The third-order valence-electron chi connectivity index (χ3n) is 6.25. The van der Waals surface area contributed by atoms with Crippen LogP contribution in [0, 0.1) is 5.92 Å². The molecule has 2 aliphatic heterocycles. The number of hydrogen-bond donors (Lipinski definition) is 0. The topological polar surface area (TPSA) is 70.4 Å². The van der Waals surface area contributed by atoms with Crippen LogP contribution in [0.4, 0.5) is 11.5 Å². The zero-order valence-electron chi connectivity index (χ0n) is 17.8. The number of piperazine rings is 1. The summed E-state index contributed by atoms with van der Waals surface area (Å²) >= 11 is 6.35. The van der Waals surface area contributed by atoms with Gasteiger partial charge in [-0.3, -0.25) is 4.79 Å². The van der Waals surface area contributed by atoms with E-state index in [1.807, 2.05) is 53.6 Å². The van der Waals surface area contributed by atoms with Gasteiger partial charge < -0.3 is 14.7 Å². The SMILES string of the molecule is O=C(C1CCCN(c2ccc(-n3cccn3)nn2)C1)N1CCN(c2ccccc2Cl)CC1. The number of hydrogen-bond acceptors (Lipinski definition) is 6. The summed E-state index contributed by atoms with van der Waals surface area (Å²) in [5, 5.41) is 13.6. The van der Waals surface area contributed by atoms with Crippen LogP contribution in [0.5, 0.6) is 0 Å². The van der Waals surface area contributed by atoms with Gasteiger partial charge in [0.2, 0.25) is 5.91 Å². The molecule has 2 fully saturated rings. The molecule has 1 aromatic carbocycles. The molecule has 0 N–H and O–H groups in total. The molecular formula is C23H26ClN7O. The highest BCUT2D eigenvalue weighted by atomic mass is 35.5. The largest absolute Gasteiger partial charge is 0.367 e. The minimum atomic E-state index is -0.0109. The lowest BCUT2D eigenvalue weighted by molar-refractivity contribution is -0.136. The maximum absolute atomic E-state index is 13.3. The van der Waals surface area contributed by atoms with Gasteiger partial charge in [-0.1, -0.05) is 23.7 Å². The maximum Gasteiger partial charge on any atom is 0.227 e. The van der Waals surface area contributed by atoms with Crippen LogP contribution in [0.25, 0.3) is 5.82 Å². The molecule has 2 saturated heterocycles. The number of nitrogens with zero attached hydrogens (tertiary/aromatic N) is 7. The van der Waals surface area contributed by atoms with Crippen molar-refractivity contribution in [3.8, 4) is 5.82 Å². The zero-order valence-corrected chi connectivity index (χ0v) is 18.6. The van der Waals surface area contributed by atoms with Crippen molar-refractivity contribution in [2.45, 2.75) is 12.8 Å². The van der Waals surface area contributed by atoms with Crippen LogP contribution in [0.3, 0.4) is 0 Å². The number of amides is 1. The van der Waals surface area contributed by atoms with Crippen LogP contribution < -0.4 is 9.80 Å². The summed E-state index contributed by atoms with van der Waals surface area (Å²) in [4.78, 5) is 19.7. The number of piperidine rings is 1. The molecule has 0 bridgehead atoms. The first kappa shape index (κ1) is 20.8. The van der Waals surface area contributed by atoms with Gasteiger partial charge in [-0.05, 0) is 43.2 Å². The molecule has 2 aliphatic rings. The van der Waals surface area contributed by atoms with E-state index in [2.05, 4.69) is 25.1 Å². The highest BCUT2D eigenvalue weighted by molar-refractivity contribution is 6.33. The predicted octanol–water partition coefficient (Wildman–Crippen LogP) is 2.88. The van der Waals surface area contributed by atoms with E-state index in [9.17, 15) is 4.79 Å². The summed E-state index contributed by atoms with van der Waals surface area (Å²) in [6.45, 7) is 4.61. The number of para-hydroxylation sites is 1. The van der Waals surface area contributed by atoms with Crippen LogP contribution in [0.1, 0.15) is 12.8 Å². The van der Waals surface area contributed by atoms with E-state index in [1.54, 1.807) is 10.9 Å². The first-order valence-electron chi connectivity index (χ1n) is 11.1. The van der Waals surface area contributed by atoms with Crippen molar-refractivity contribution >= 4 is 29.0 Å². The van der Waals surface area contributed by atoms with Crippen molar-refractivity contribution in [1.82, 2.24) is 24.9 Å². The molecule has 1 amide bonds. The summed E-state index contributed by atoms with van der Waals surface area (Å²) in [5.41, 5.74) is 1.04. The Bertz CT molecular complexity index is 1050. The normalized spacial score (nSPS) is 19.3. The molecule has 0 aliphatic carbocycles. The number of carbonyl (C=O) groups excluding carboxylic acids is 1. The van der Waals surface area contributed by atoms with Crippen LogP contribution in [-0.2, 0) is 4.79 Å². The van der Waals surface area contributed by atoms with Gasteiger partial charge in [-0.2, -0.15) is 5.10 Å². The highest BCUT2D eigenvalue weighted by Crippen LogP contribution is 2.27. The minimum Gasteiger partial charge on any atom is -0.367 e. The maximum atomic E-state index is 13.3. The second kappa shape index (κ2) is 9.16. The molecular weight excluding hydrogens is 426 g/mol. The van der Waals surface area contributed by atoms with E-state index in [1.165, 1.54) is 0 Å². The molecule has 3 aromatic rings. The first-order valence-corrected chi connectivity index (χ1v) is 11.4. The summed E-state index contributed by atoms with van der Waals surface area (Å²) < 4.78 is 1.68. The van der Waals surface area contributed by atoms with Crippen LogP contribution >= 0.6 is 11.6 Å². The Balaban J connectivity index is 1.19. The Morgan fingerprint density at radius 3 is 2.41 bits per heavy atom. The van der Waals surface area contributed by atoms with E-state index in [-0.39, 0.29) is 11.8 Å². The van der Waals surface area contributed by atoms with Gasteiger partial charge in [0.15, 0.2) is 11.6 Å². The average Bonchev–Trinajstić information content (AvgIpc) is 3.39. The van der Waals surface area contributed by atoms with Crippen molar-refractivity contribution in [1.29, 1.82) is 0 Å². The zero-order chi connectivity index (χ0) is 21.9. The molecule has 0 radical (unpaired) electrons. The monoisotopic (exact) mass is 451 g/mol. The molecule has 1 unspecified atom stereocenters. The minimum absolute atomic E-state index is 0.0109. The van der Waals surface area contributed by atoms with Crippen LogP contribution in [0.2, 0.25) is 5.02 Å². The van der Waals surface area contributed by atoms with Gasteiger partial charge in [-0.15, -0.1) is 10.2 Å². The fourth-order valence-corrected chi connectivity index (χ4v) is 4.79. The third kappa shape index (κ3) is 4.27. The van der Waals surface area contributed by atoms with Gasteiger partial charge in [0, 0.05) is 51.7 Å². The number of rotatable bonds is 4. The average molecular weight is 452 g/mol. The van der Waals surface area contributed by atoms with Crippen molar-refractivity contribution in [2.75, 3.05) is 49.1 Å². The Morgan fingerprint density at radius 1 is 0.906 bits per heavy atom. The van der Waals surface area contributed by atoms with E-state index in [0.717, 1.165) is 62.1 Å². The molecule has 1 atom stereocenters. The highest BCUT2D eigenvalue weighted by Gasteiger charge is 2.32. The van der Waals surface area contributed by atoms with E-state index in [0.29, 0.717) is 12.4 Å². The molecule has 166 valence electrons. The Kier molecular flexibility index (Phi) is 5.94. The van der Waals surface area contributed by atoms with Crippen molar-refractivity contribution in [3.63, 3.8) is 0 Å². The lowest BCUT2D eigenvalue weighted by Crippen LogP contribution is -2.52. The fraction of sp³-hybridized carbons (Fsp3) is 0.391. The molecule has 2 aromatic heterocycles. The molecule has 4 heterocycles. The lowest BCUT2D eigenvalue weighted by atomic mass is 9.96. The summed E-state index contributed by atoms with van der Waals surface area (Å²) in [5.74, 6) is 1.72. The van der Waals surface area contributed by atoms with Gasteiger partial charge >= 0.3 is 0 Å². The number of benzene rings is 1. The second-order valence-corrected chi connectivity index (χ2v) is 8.66. The summed E-state index contributed by atoms with van der Waals surface area (Å²) in [6, 6.07) is 13.6. The Hall–Kier alpha value is -3.13. The smallest absolute Gasteiger partial charge is 0.227 e. The molecule has 8 nitrogen and oxygen atoms in total. The molecule has 5 rings (SSSR count). The van der Waals surface area contributed by atoms with Gasteiger partial charge in [0.05, 0.1) is 16.6 Å². The molecule has 0 saturated carbocycles. The predicted molar refractivity (Wildman–Crippen MR) is 124 cm³/mol. The number of anilines is 2.